The molecule has 1 saturated carbocycles. The lowest BCUT2D eigenvalue weighted by molar-refractivity contribution is -0.120. The number of benzene rings is 1. The first-order valence-corrected chi connectivity index (χ1v) is 6.68. The summed E-state index contributed by atoms with van der Waals surface area (Å²) in [4.78, 5) is 22.4. The summed E-state index contributed by atoms with van der Waals surface area (Å²) in [5.74, 6) is -0.0894. The molecule has 2 amide bonds. The number of amides is 2. The van der Waals surface area contributed by atoms with E-state index >= 15 is 0 Å². The van der Waals surface area contributed by atoms with E-state index < -0.39 is 5.91 Å². The molecular formula is C14H19N3O3. The van der Waals surface area contributed by atoms with Gasteiger partial charge < -0.3 is 21.1 Å². The van der Waals surface area contributed by atoms with Crippen LogP contribution in [-0.4, -0.2) is 31.0 Å². The molecule has 0 heterocycles. The molecule has 2 rings (SSSR count). The molecule has 1 aliphatic rings. The van der Waals surface area contributed by atoms with Crippen LogP contribution in [0.3, 0.4) is 0 Å². The molecule has 20 heavy (non-hydrogen) atoms. The predicted octanol–water partition coefficient (Wildman–Crippen LogP) is 0.631. The Kier molecular flexibility index (Phi) is 4.95. The van der Waals surface area contributed by atoms with Crippen molar-refractivity contribution in [3.8, 4) is 5.75 Å². The molecule has 0 spiro atoms. The summed E-state index contributed by atoms with van der Waals surface area (Å²) < 4.78 is 5.17. The van der Waals surface area contributed by atoms with Gasteiger partial charge in [-0.1, -0.05) is 6.07 Å². The van der Waals surface area contributed by atoms with E-state index in [0.717, 1.165) is 0 Å². The minimum absolute atomic E-state index is 0.0507. The van der Waals surface area contributed by atoms with Gasteiger partial charge in [-0.25, -0.2) is 0 Å². The lowest BCUT2D eigenvalue weighted by Crippen LogP contribution is -2.23. The Balaban J connectivity index is 1.76. The second kappa shape index (κ2) is 6.91. The van der Waals surface area contributed by atoms with Gasteiger partial charge in [-0.05, 0) is 25.0 Å². The van der Waals surface area contributed by atoms with Crippen molar-refractivity contribution < 1.29 is 14.3 Å². The Bertz CT molecular complexity index is 486. The molecular weight excluding hydrogens is 258 g/mol. The van der Waals surface area contributed by atoms with E-state index in [4.69, 9.17) is 10.5 Å². The second-order valence-electron chi connectivity index (χ2n) is 4.81. The number of carbonyl (C=O) groups is 2. The fourth-order valence-electron chi connectivity index (χ4n) is 1.72. The zero-order valence-electron chi connectivity index (χ0n) is 11.2. The monoisotopic (exact) mass is 277 g/mol. The number of anilines is 1. The summed E-state index contributed by atoms with van der Waals surface area (Å²) >= 11 is 0. The number of nitrogens with two attached hydrogens (primary N) is 1. The third-order valence-corrected chi connectivity index (χ3v) is 2.86. The summed E-state index contributed by atoms with van der Waals surface area (Å²) in [6.07, 6.45) is 2.85. The summed E-state index contributed by atoms with van der Waals surface area (Å²) in [6.45, 7) is 0.511. The van der Waals surface area contributed by atoms with Crippen LogP contribution < -0.4 is 21.1 Å². The minimum Gasteiger partial charge on any atom is -0.484 e. The van der Waals surface area contributed by atoms with Gasteiger partial charge in [0.1, 0.15) is 5.75 Å². The molecule has 0 saturated heterocycles. The van der Waals surface area contributed by atoms with E-state index in [0.29, 0.717) is 30.4 Å². The second-order valence-corrected chi connectivity index (χ2v) is 4.81. The maximum atomic E-state index is 11.7. The van der Waals surface area contributed by atoms with Gasteiger partial charge in [0.15, 0.2) is 6.61 Å². The topological polar surface area (TPSA) is 93.5 Å². The van der Waals surface area contributed by atoms with Gasteiger partial charge in [0.25, 0.3) is 5.91 Å². The Hall–Kier alpha value is -2.08. The zero-order chi connectivity index (χ0) is 14.4. The number of primary amides is 1. The van der Waals surface area contributed by atoms with Crippen LogP contribution in [0.1, 0.15) is 19.3 Å². The minimum atomic E-state index is -0.536. The largest absolute Gasteiger partial charge is 0.484 e. The van der Waals surface area contributed by atoms with Crippen molar-refractivity contribution in [2.75, 3.05) is 18.5 Å². The van der Waals surface area contributed by atoms with Crippen molar-refractivity contribution in [2.24, 2.45) is 5.73 Å². The van der Waals surface area contributed by atoms with E-state index in [2.05, 4.69) is 10.6 Å². The smallest absolute Gasteiger partial charge is 0.255 e. The van der Waals surface area contributed by atoms with Crippen LogP contribution in [0.4, 0.5) is 5.69 Å². The first-order chi connectivity index (χ1) is 9.63. The standard InChI is InChI=1S/C14H19N3O3/c15-13(18)9-20-12-3-1-2-11(8-12)17-14(19)6-7-16-10-4-5-10/h1-3,8,10,16H,4-7,9H2,(H2,15,18)(H,17,19). The summed E-state index contributed by atoms with van der Waals surface area (Å²) in [6, 6.07) is 7.48. The van der Waals surface area contributed by atoms with E-state index in [1.807, 2.05) is 0 Å². The van der Waals surface area contributed by atoms with E-state index in [9.17, 15) is 9.59 Å². The van der Waals surface area contributed by atoms with Crippen molar-refractivity contribution in [2.45, 2.75) is 25.3 Å². The van der Waals surface area contributed by atoms with Gasteiger partial charge in [-0.3, -0.25) is 9.59 Å². The van der Waals surface area contributed by atoms with Gasteiger partial charge in [0.05, 0.1) is 0 Å². The molecule has 0 aromatic heterocycles. The van der Waals surface area contributed by atoms with Crippen LogP contribution in [0.25, 0.3) is 0 Å². The number of rotatable bonds is 8. The normalized spacial score (nSPS) is 13.8. The lowest BCUT2D eigenvalue weighted by Gasteiger charge is -2.08. The Morgan fingerprint density at radius 1 is 1.35 bits per heavy atom. The number of ether oxygens (including phenoxy) is 1. The van der Waals surface area contributed by atoms with Gasteiger partial charge in [-0.15, -0.1) is 0 Å². The number of hydrogen-bond acceptors (Lipinski definition) is 4. The Labute approximate surface area is 117 Å². The number of hydrogen-bond donors (Lipinski definition) is 3. The third kappa shape index (κ3) is 5.27. The molecule has 0 unspecified atom stereocenters. The molecule has 0 bridgehead atoms. The molecule has 1 aromatic rings. The van der Waals surface area contributed by atoms with Crippen molar-refractivity contribution >= 4 is 17.5 Å². The van der Waals surface area contributed by atoms with Crippen molar-refractivity contribution in [3.05, 3.63) is 24.3 Å². The maximum Gasteiger partial charge on any atom is 0.255 e. The maximum absolute atomic E-state index is 11.7. The number of nitrogens with one attached hydrogen (secondary N) is 2. The molecule has 0 atom stereocenters. The highest BCUT2D eigenvalue weighted by atomic mass is 16.5. The van der Waals surface area contributed by atoms with Crippen LogP contribution in [0.5, 0.6) is 5.75 Å². The zero-order valence-corrected chi connectivity index (χ0v) is 11.2. The molecule has 4 N–H and O–H groups in total. The van der Waals surface area contributed by atoms with Crippen molar-refractivity contribution in [1.29, 1.82) is 0 Å². The van der Waals surface area contributed by atoms with E-state index in [-0.39, 0.29) is 12.5 Å². The lowest BCUT2D eigenvalue weighted by atomic mass is 10.3. The van der Waals surface area contributed by atoms with Crippen LogP contribution in [-0.2, 0) is 9.59 Å². The SMILES string of the molecule is NC(=O)COc1cccc(NC(=O)CCNC2CC2)c1. The van der Waals surface area contributed by atoms with Gasteiger partial charge >= 0.3 is 0 Å². The van der Waals surface area contributed by atoms with Crippen LogP contribution >= 0.6 is 0 Å². The average Bonchev–Trinajstić information content (AvgIpc) is 3.21. The molecule has 6 heteroatoms. The van der Waals surface area contributed by atoms with Gasteiger partial charge in [-0.2, -0.15) is 0 Å². The molecule has 6 nitrogen and oxygen atoms in total. The van der Waals surface area contributed by atoms with Crippen LogP contribution in [0.2, 0.25) is 0 Å². The third-order valence-electron chi connectivity index (χ3n) is 2.86. The molecule has 1 aliphatic carbocycles. The number of carbonyl (C=O) groups excluding carboxylic acids is 2. The molecule has 108 valence electrons. The molecule has 0 radical (unpaired) electrons. The van der Waals surface area contributed by atoms with Gasteiger partial charge in [0, 0.05) is 30.8 Å². The quantitative estimate of drug-likeness (QED) is 0.649. The first-order valence-electron chi connectivity index (χ1n) is 6.68. The molecule has 1 aromatic carbocycles. The first kappa shape index (κ1) is 14.3. The Morgan fingerprint density at radius 2 is 2.15 bits per heavy atom. The Morgan fingerprint density at radius 3 is 2.85 bits per heavy atom. The average molecular weight is 277 g/mol. The predicted molar refractivity (Wildman–Crippen MR) is 75.4 cm³/mol. The highest BCUT2D eigenvalue weighted by Gasteiger charge is 2.20. The fourth-order valence-corrected chi connectivity index (χ4v) is 1.72. The summed E-state index contributed by atoms with van der Waals surface area (Å²) in [5, 5.41) is 6.07. The van der Waals surface area contributed by atoms with Crippen molar-refractivity contribution in [1.82, 2.24) is 5.32 Å². The highest BCUT2D eigenvalue weighted by Crippen LogP contribution is 2.19. The van der Waals surface area contributed by atoms with E-state index in [1.54, 1.807) is 24.3 Å². The van der Waals surface area contributed by atoms with Crippen LogP contribution in [0.15, 0.2) is 24.3 Å². The van der Waals surface area contributed by atoms with Gasteiger partial charge in [0.2, 0.25) is 5.91 Å². The fraction of sp³-hybridized carbons (Fsp3) is 0.429. The van der Waals surface area contributed by atoms with E-state index in [1.165, 1.54) is 12.8 Å². The molecule has 1 fully saturated rings. The molecule has 0 aliphatic heterocycles. The highest BCUT2D eigenvalue weighted by molar-refractivity contribution is 5.91. The summed E-state index contributed by atoms with van der Waals surface area (Å²) in [5.41, 5.74) is 5.64. The van der Waals surface area contributed by atoms with Crippen molar-refractivity contribution in [3.63, 3.8) is 0 Å². The van der Waals surface area contributed by atoms with Crippen LogP contribution in [0, 0.1) is 0 Å². The summed E-state index contributed by atoms with van der Waals surface area (Å²) in [7, 11) is 0.